The fraction of sp³-hybridized carbons (Fsp3) is 1.00. The number of halogens is 1. The summed E-state index contributed by atoms with van der Waals surface area (Å²) in [5.41, 5.74) is 0. The van der Waals surface area contributed by atoms with Crippen molar-refractivity contribution in [3.05, 3.63) is 0 Å². The SMILES string of the molecule is BN(B)CCN(CCN(B)CCNC)CCN(B)CCN(CCN(C)C)CCN(B)F. The first kappa shape index (κ1) is 30.9. The van der Waals surface area contributed by atoms with Gasteiger partial charge in [0, 0.05) is 58.9 Å². The van der Waals surface area contributed by atoms with Gasteiger partial charge in [-0.05, 0) is 53.9 Å². The van der Waals surface area contributed by atoms with E-state index in [1.165, 1.54) is 7.98 Å². The maximum atomic E-state index is 13.2. The van der Waals surface area contributed by atoms with Gasteiger partial charge in [-0.15, -0.1) is 4.48 Å². The van der Waals surface area contributed by atoms with Gasteiger partial charge in [0.2, 0.25) is 7.98 Å². The molecule has 14 heteroatoms. The molecular weight excluding hydrogens is 389 g/mol. The maximum Gasteiger partial charge on any atom is 0.228 e. The summed E-state index contributed by atoms with van der Waals surface area (Å²) in [5.74, 6) is 0. The van der Waals surface area contributed by atoms with Gasteiger partial charge in [-0.25, -0.2) is 0 Å². The molecule has 0 spiro atoms. The first-order valence-electron chi connectivity index (χ1n) is 11.8. The number of nitrogens with one attached hydrogen (secondary N) is 1. The molecule has 0 amide bonds. The number of hydrogen-bond donors (Lipinski definition) is 1. The quantitative estimate of drug-likeness (QED) is 0.141. The average Bonchev–Trinajstić information content (AvgIpc) is 2.70. The van der Waals surface area contributed by atoms with E-state index in [-0.39, 0.29) is 0 Å². The predicted octanol–water partition coefficient (Wildman–Crippen LogP) is -5.80. The van der Waals surface area contributed by atoms with E-state index in [0.29, 0.717) is 6.54 Å². The maximum absolute atomic E-state index is 13.2. The summed E-state index contributed by atoms with van der Waals surface area (Å²) in [6.45, 7) is 13.8. The summed E-state index contributed by atoms with van der Waals surface area (Å²) in [7, 11) is 16.4. The van der Waals surface area contributed by atoms with E-state index in [4.69, 9.17) is 0 Å². The van der Waals surface area contributed by atoms with Crippen LogP contribution >= 0.6 is 0 Å². The van der Waals surface area contributed by atoms with Crippen molar-refractivity contribution in [1.82, 2.24) is 39.4 Å². The van der Waals surface area contributed by atoms with E-state index in [1.807, 2.05) is 7.05 Å². The zero-order valence-electron chi connectivity index (χ0n) is 21.9. The minimum absolute atomic E-state index is 0.455. The van der Waals surface area contributed by atoms with Crippen molar-refractivity contribution in [2.45, 2.75) is 0 Å². The third kappa shape index (κ3) is 20.3. The lowest BCUT2D eigenvalue weighted by molar-refractivity contribution is 0.116. The molecule has 0 aromatic heterocycles. The molecule has 1 N–H and O–H groups in total. The number of rotatable bonds is 21. The fourth-order valence-corrected chi connectivity index (χ4v) is 3.10. The van der Waals surface area contributed by atoms with Crippen LogP contribution in [0.5, 0.6) is 0 Å². The van der Waals surface area contributed by atoms with Crippen molar-refractivity contribution >= 4 is 39.9 Å². The highest BCUT2D eigenvalue weighted by Gasteiger charge is 2.11. The van der Waals surface area contributed by atoms with Crippen molar-refractivity contribution in [2.75, 3.05) is 113 Å². The fourth-order valence-electron chi connectivity index (χ4n) is 3.10. The van der Waals surface area contributed by atoms with Crippen LogP contribution in [0.4, 0.5) is 4.48 Å². The van der Waals surface area contributed by atoms with Gasteiger partial charge < -0.3 is 24.6 Å². The van der Waals surface area contributed by atoms with Gasteiger partial charge >= 0.3 is 0 Å². The molecule has 8 nitrogen and oxygen atoms in total. The summed E-state index contributed by atoms with van der Waals surface area (Å²) in [6, 6.07) is 0. The molecule has 0 saturated heterocycles. The van der Waals surface area contributed by atoms with Crippen LogP contribution < -0.4 is 5.32 Å². The van der Waals surface area contributed by atoms with E-state index in [0.717, 1.165) is 90.1 Å². The van der Waals surface area contributed by atoms with E-state index < -0.39 is 0 Å². The average molecular weight is 438 g/mol. The van der Waals surface area contributed by atoms with Gasteiger partial charge in [0.05, 0.1) is 0 Å². The lowest BCUT2D eigenvalue weighted by Gasteiger charge is -2.30. The summed E-state index contributed by atoms with van der Waals surface area (Å²) >= 11 is 0. The first-order chi connectivity index (χ1) is 14.6. The van der Waals surface area contributed by atoms with Gasteiger partial charge in [0.15, 0.2) is 31.9 Å². The van der Waals surface area contributed by atoms with Crippen LogP contribution in [0.25, 0.3) is 0 Å². The highest BCUT2D eigenvalue weighted by molar-refractivity contribution is 6.24. The Balaban J connectivity index is 4.44. The zero-order valence-corrected chi connectivity index (χ0v) is 21.9. The van der Waals surface area contributed by atoms with Crippen LogP contribution in [0, 0.1) is 0 Å². The zero-order chi connectivity index (χ0) is 23.6. The molecule has 0 aromatic carbocycles. The number of nitrogens with zero attached hydrogens (tertiary/aromatic N) is 7. The minimum atomic E-state index is 0.455. The van der Waals surface area contributed by atoms with Gasteiger partial charge in [-0.1, -0.05) is 0 Å². The lowest BCUT2D eigenvalue weighted by atomic mass is 10.1. The van der Waals surface area contributed by atoms with Crippen LogP contribution in [0.3, 0.4) is 0 Å². The molecule has 0 fully saturated rings. The molecule has 178 valence electrons. The normalized spacial score (nSPS) is 12.6. The molecule has 0 rings (SSSR count). The van der Waals surface area contributed by atoms with Crippen LogP contribution in [-0.4, -0.2) is 187 Å². The second-order valence-corrected chi connectivity index (χ2v) is 9.33. The Hall–Kier alpha value is -0.0653. The molecule has 0 aliphatic rings. The van der Waals surface area contributed by atoms with E-state index in [2.05, 4.69) is 80.4 Å². The van der Waals surface area contributed by atoms with Gasteiger partial charge in [-0.2, -0.15) is 5.03 Å². The number of likely N-dealkylation sites (N-methyl/N-ethyl adjacent to an activating group) is 2. The molecule has 0 aliphatic heterocycles. The molecular formula is C17H48B5FN8. The number of hydrogen-bond acceptors (Lipinski definition) is 8. The van der Waals surface area contributed by atoms with E-state index in [9.17, 15) is 4.48 Å². The summed E-state index contributed by atoms with van der Waals surface area (Å²) in [4.78, 5) is 11.9. The Kier molecular flexibility index (Phi) is 19.4. The van der Waals surface area contributed by atoms with Crippen molar-refractivity contribution in [3.63, 3.8) is 0 Å². The Bertz CT molecular complexity index is 403. The Labute approximate surface area is 196 Å². The summed E-state index contributed by atoms with van der Waals surface area (Å²) in [5, 5.41) is 4.00. The Morgan fingerprint density at radius 3 is 1.42 bits per heavy atom. The van der Waals surface area contributed by atoms with E-state index >= 15 is 0 Å². The lowest BCUT2D eigenvalue weighted by Crippen LogP contribution is -2.44. The molecule has 0 radical (unpaired) electrons. The monoisotopic (exact) mass is 438 g/mol. The molecule has 0 unspecified atom stereocenters. The highest BCUT2D eigenvalue weighted by Crippen LogP contribution is 1.96. The molecule has 0 bridgehead atoms. The molecule has 0 atom stereocenters. The van der Waals surface area contributed by atoms with Crippen LogP contribution in [0.1, 0.15) is 0 Å². The third-order valence-corrected chi connectivity index (χ3v) is 5.59. The van der Waals surface area contributed by atoms with Crippen LogP contribution in [0.15, 0.2) is 0 Å². The summed E-state index contributed by atoms with van der Waals surface area (Å²) in [6.07, 6.45) is 0. The molecule has 0 aliphatic carbocycles. The molecule has 31 heavy (non-hydrogen) atoms. The van der Waals surface area contributed by atoms with Gasteiger partial charge in [0.25, 0.3) is 0 Å². The highest BCUT2D eigenvalue weighted by atomic mass is 19.2. The van der Waals surface area contributed by atoms with Crippen molar-refractivity contribution < 1.29 is 4.48 Å². The smallest absolute Gasteiger partial charge is 0.228 e. The second kappa shape index (κ2) is 19.4. The molecule has 0 heterocycles. The van der Waals surface area contributed by atoms with Crippen molar-refractivity contribution in [3.8, 4) is 0 Å². The van der Waals surface area contributed by atoms with Gasteiger partial charge in [-0.3, -0.25) is 9.80 Å². The topological polar surface area (TPSA) is 34.7 Å². The van der Waals surface area contributed by atoms with Crippen molar-refractivity contribution in [2.24, 2.45) is 0 Å². The Morgan fingerprint density at radius 1 is 0.581 bits per heavy atom. The van der Waals surface area contributed by atoms with Gasteiger partial charge in [0.1, 0.15) is 0 Å². The largest absolute Gasteiger partial charge is 0.395 e. The second-order valence-electron chi connectivity index (χ2n) is 9.33. The summed E-state index contributed by atoms with van der Waals surface area (Å²) < 4.78 is 15.4. The first-order valence-corrected chi connectivity index (χ1v) is 11.8. The minimum Gasteiger partial charge on any atom is -0.395 e. The Morgan fingerprint density at radius 2 is 1.00 bits per heavy atom. The third-order valence-electron chi connectivity index (χ3n) is 5.59. The molecule has 0 aromatic rings. The van der Waals surface area contributed by atoms with Crippen molar-refractivity contribution in [1.29, 1.82) is 0 Å². The standard InChI is InChI=1S/C17H48B5FN8/c1-24-4-5-28(18)13-8-27(11-16-30(20)21)10-15-29(19)14-9-26(7-6-25(2)3)12-17-31(22)23/h24H,4-22H2,1-3H3. The van der Waals surface area contributed by atoms with Crippen LogP contribution in [-0.2, 0) is 0 Å². The molecule has 0 saturated carbocycles. The predicted molar refractivity (Wildman–Crippen MR) is 146 cm³/mol. The van der Waals surface area contributed by atoms with Crippen LogP contribution in [0.2, 0.25) is 0 Å². The van der Waals surface area contributed by atoms with E-state index in [1.54, 1.807) is 0 Å².